The Morgan fingerprint density at radius 1 is 1.32 bits per heavy atom. The Morgan fingerprint density at radius 3 is 2.53 bits per heavy atom. The van der Waals surface area contributed by atoms with Gasteiger partial charge in [0.15, 0.2) is 0 Å². The molecular formula is C12H17NO5S. The van der Waals surface area contributed by atoms with Gasteiger partial charge in [-0.15, -0.1) is 0 Å². The summed E-state index contributed by atoms with van der Waals surface area (Å²) in [5.41, 5.74) is 1.41. The Bertz CT molecular complexity index is 580. The predicted octanol–water partition coefficient (Wildman–Crippen LogP) is 1.62. The highest BCUT2D eigenvalue weighted by Crippen LogP contribution is 2.28. The molecule has 7 heteroatoms. The van der Waals surface area contributed by atoms with Crippen molar-refractivity contribution in [2.75, 3.05) is 10.5 Å². The first-order valence-electron chi connectivity index (χ1n) is 5.74. The van der Waals surface area contributed by atoms with Gasteiger partial charge >= 0.3 is 5.97 Å². The first-order chi connectivity index (χ1) is 8.73. The van der Waals surface area contributed by atoms with Gasteiger partial charge in [-0.25, -0.2) is 8.42 Å². The number of benzene rings is 1. The number of anilines is 1. The smallest absolute Gasteiger partial charge is 0.303 e. The van der Waals surface area contributed by atoms with E-state index in [1.54, 1.807) is 26.0 Å². The number of carboxylic acids is 1. The maximum absolute atomic E-state index is 11.7. The van der Waals surface area contributed by atoms with Crippen molar-refractivity contribution in [3.05, 3.63) is 23.3 Å². The average Bonchev–Trinajstić information content (AvgIpc) is 2.29. The van der Waals surface area contributed by atoms with Crippen LogP contribution in [0.25, 0.3) is 0 Å². The van der Waals surface area contributed by atoms with Crippen molar-refractivity contribution in [3.63, 3.8) is 0 Å². The topological polar surface area (TPSA) is 104 Å². The lowest BCUT2D eigenvalue weighted by molar-refractivity contribution is -0.137. The molecule has 0 bridgehead atoms. The molecule has 6 nitrogen and oxygen atoms in total. The third-order valence-electron chi connectivity index (χ3n) is 2.70. The number of carbonyl (C=O) groups is 1. The third kappa shape index (κ3) is 4.44. The summed E-state index contributed by atoms with van der Waals surface area (Å²) in [4.78, 5) is 10.3. The maximum atomic E-state index is 11.7. The first-order valence-corrected chi connectivity index (χ1v) is 7.39. The number of sulfonamides is 1. The van der Waals surface area contributed by atoms with Gasteiger partial charge in [0.1, 0.15) is 5.75 Å². The number of hydrogen-bond acceptors (Lipinski definition) is 4. The van der Waals surface area contributed by atoms with Crippen LogP contribution in [0.4, 0.5) is 5.69 Å². The molecule has 19 heavy (non-hydrogen) atoms. The Hall–Kier alpha value is -1.76. The molecule has 1 aromatic carbocycles. The van der Waals surface area contributed by atoms with Crippen molar-refractivity contribution in [2.24, 2.45) is 0 Å². The number of carboxylic acid groups (broad SMARTS) is 1. The zero-order valence-corrected chi connectivity index (χ0v) is 11.6. The van der Waals surface area contributed by atoms with E-state index in [0.717, 1.165) is 0 Å². The number of aryl methyl sites for hydroxylation is 1. The molecule has 0 unspecified atom stereocenters. The minimum Gasteiger partial charge on any atom is -0.507 e. The van der Waals surface area contributed by atoms with Crippen LogP contribution in [0.1, 0.15) is 24.0 Å². The van der Waals surface area contributed by atoms with Gasteiger partial charge < -0.3 is 10.2 Å². The van der Waals surface area contributed by atoms with E-state index < -0.39 is 16.0 Å². The average molecular weight is 287 g/mol. The summed E-state index contributed by atoms with van der Waals surface area (Å²) in [5.74, 6) is -1.25. The van der Waals surface area contributed by atoms with Gasteiger partial charge in [0.25, 0.3) is 0 Å². The lowest BCUT2D eigenvalue weighted by Gasteiger charge is -2.12. The van der Waals surface area contributed by atoms with Crippen LogP contribution in [0.2, 0.25) is 0 Å². The number of hydrogen-bond donors (Lipinski definition) is 3. The van der Waals surface area contributed by atoms with Crippen LogP contribution < -0.4 is 4.72 Å². The van der Waals surface area contributed by atoms with E-state index in [1.807, 2.05) is 0 Å². The molecule has 0 aliphatic carbocycles. The summed E-state index contributed by atoms with van der Waals surface area (Å²) in [6, 6.07) is 3.18. The van der Waals surface area contributed by atoms with Crippen molar-refractivity contribution >= 4 is 21.7 Å². The highest BCUT2D eigenvalue weighted by Gasteiger charge is 2.14. The SMILES string of the molecule is Cc1ccc(NS(=O)(=O)CCCC(=O)O)c(C)c1O. The fourth-order valence-corrected chi connectivity index (χ4v) is 2.76. The molecule has 106 valence electrons. The molecule has 0 atom stereocenters. The monoisotopic (exact) mass is 287 g/mol. The van der Waals surface area contributed by atoms with Crippen LogP contribution in [0.3, 0.4) is 0 Å². The zero-order valence-electron chi connectivity index (χ0n) is 10.8. The van der Waals surface area contributed by atoms with Crippen molar-refractivity contribution in [2.45, 2.75) is 26.7 Å². The van der Waals surface area contributed by atoms with Gasteiger partial charge in [0, 0.05) is 12.0 Å². The van der Waals surface area contributed by atoms with E-state index in [0.29, 0.717) is 16.8 Å². The minimum absolute atomic E-state index is 0.0432. The van der Waals surface area contributed by atoms with E-state index >= 15 is 0 Å². The molecule has 0 amide bonds. The number of aliphatic carboxylic acids is 1. The lowest BCUT2D eigenvalue weighted by atomic mass is 10.1. The fourth-order valence-electron chi connectivity index (χ4n) is 1.58. The number of rotatable bonds is 6. The number of nitrogens with one attached hydrogen (secondary N) is 1. The normalized spacial score (nSPS) is 11.3. The van der Waals surface area contributed by atoms with Crippen molar-refractivity contribution in [1.82, 2.24) is 0 Å². The summed E-state index contributed by atoms with van der Waals surface area (Å²) in [6.07, 6.45) is -0.152. The zero-order chi connectivity index (χ0) is 14.6. The molecule has 3 N–H and O–H groups in total. The second-order valence-corrected chi connectivity index (χ2v) is 6.16. The fraction of sp³-hybridized carbons (Fsp3) is 0.417. The number of phenols is 1. The Morgan fingerprint density at radius 2 is 1.95 bits per heavy atom. The van der Waals surface area contributed by atoms with E-state index in [-0.39, 0.29) is 24.3 Å². The van der Waals surface area contributed by atoms with Gasteiger partial charge in [-0.05, 0) is 31.9 Å². The summed E-state index contributed by atoms with van der Waals surface area (Å²) < 4.78 is 25.8. The molecule has 0 aliphatic rings. The number of aromatic hydroxyl groups is 1. The molecule has 1 rings (SSSR count). The molecule has 0 fully saturated rings. The second-order valence-electron chi connectivity index (χ2n) is 4.32. The van der Waals surface area contributed by atoms with Crippen LogP contribution in [0, 0.1) is 13.8 Å². The van der Waals surface area contributed by atoms with Gasteiger partial charge in [-0.2, -0.15) is 0 Å². The Balaban J connectivity index is 2.79. The van der Waals surface area contributed by atoms with E-state index in [9.17, 15) is 18.3 Å². The van der Waals surface area contributed by atoms with Crippen molar-refractivity contribution < 1.29 is 23.4 Å². The van der Waals surface area contributed by atoms with Gasteiger partial charge in [0.05, 0.1) is 11.4 Å². The molecule has 0 heterocycles. The standard InChI is InChI=1S/C12H17NO5S/c1-8-5-6-10(9(2)12(8)16)13-19(17,18)7-3-4-11(14)15/h5-6,13,16H,3-4,7H2,1-2H3,(H,14,15). The molecular weight excluding hydrogens is 270 g/mol. The van der Waals surface area contributed by atoms with Gasteiger partial charge in [-0.1, -0.05) is 6.07 Å². The first kappa shape index (κ1) is 15.3. The Kier molecular flexibility index (Phi) is 4.77. The lowest BCUT2D eigenvalue weighted by Crippen LogP contribution is -2.18. The van der Waals surface area contributed by atoms with Crippen LogP contribution in [0.5, 0.6) is 5.75 Å². The van der Waals surface area contributed by atoms with Crippen LogP contribution in [-0.4, -0.2) is 30.4 Å². The quantitative estimate of drug-likeness (QED) is 0.737. The number of phenolic OH excluding ortho intramolecular Hbond substituents is 1. The third-order valence-corrected chi connectivity index (χ3v) is 4.06. The molecule has 1 aromatic rings. The summed E-state index contributed by atoms with van der Waals surface area (Å²) in [7, 11) is -3.61. The summed E-state index contributed by atoms with van der Waals surface area (Å²) in [5, 5.41) is 18.2. The van der Waals surface area contributed by atoms with Gasteiger partial charge in [-0.3, -0.25) is 9.52 Å². The van der Waals surface area contributed by atoms with E-state index in [2.05, 4.69) is 4.72 Å². The highest BCUT2D eigenvalue weighted by atomic mass is 32.2. The highest BCUT2D eigenvalue weighted by molar-refractivity contribution is 7.92. The minimum atomic E-state index is -3.61. The molecule has 0 spiro atoms. The second kappa shape index (κ2) is 5.92. The van der Waals surface area contributed by atoms with Crippen LogP contribution >= 0.6 is 0 Å². The molecule has 0 aromatic heterocycles. The Labute approximate surface area is 112 Å². The van der Waals surface area contributed by atoms with Crippen LogP contribution in [0.15, 0.2) is 12.1 Å². The molecule has 0 radical (unpaired) electrons. The van der Waals surface area contributed by atoms with Crippen LogP contribution in [-0.2, 0) is 14.8 Å². The maximum Gasteiger partial charge on any atom is 0.303 e. The molecule has 0 saturated carbocycles. The predicted molar refractivity (Wildman–Crippen MR) is 71.9 cm³/mol. The summed E-state index contributed by atoms with van der Waals surface area (Å²) >= 11 is 0. The van der Waals surface area contributed by atoms with Gasteiger partial charge in [0.2, 0.25) is 10.0 Å². The summed E-state index contributed by atoms with van der Waals surface area (Å²) in [6.45, 7) is 3.32. The molecule has 0 aliphatic heterocycles. The van der Waals surface area contributed by atoms with Crippen molar-refractivity contribution in [3.8, 4) is 5.75 Å². The molecule has 0 saturated heterocycles. The van der Waals surface area contributed by atoms with Crippen molar-refractivity contribution in [1.29, 1.82) is 0 Å². The van der Waals surface area contributed by atoms with E-state index in [1.165, 1.54) is 0 Å². The largest absolute Gasteiger partial charge is 0.507 e. The van der Waals surface area contributed by atoms with E-state index in [4.69, 9.17) is 5.11 Å².